The Hall–Kier alpha value is -2.75. The highest BCUT2D eigenvalue weighted by Crippen LogP contribution is 2.33. The second-order valence-corrected chi connectivity index (χ2v) is 10.6. The van der Waals surface area contributed by atoms with E-state index in [-0.39, 0.29) is 24.0 Å². The lowest BCUT2D eigenvalue weighted by Crippen LogP contribution is -3.00. The fraction of sp³-hybridized carbons (Fsp3) is 0.412. The number of halogens is 1. The third-order valence-corrected chi connectivity index (χ3v) is 8.26. The Kier molecular flexibility index (Phi) is 13.8. The SMILES string of the molecule is CC[N+](CCCCCCCCCC[N+](CC)(c1ccccn1)c1ccccn1)(c1ccccn1)c1ccccn1.[I-]. The zero-order valence-electron chi connectivity index (χ0n) is 24.8. The van der Waals surface area contributed by atoms with Crippen molar-refractivity contribution in [3.8, 4) is 0 Å². The molecule has 41 heavy (non-hydrogen) atoms. The molecule has 4 rings (SSSR count). The Labute approximate surface area is 264 Å². The first-order chi connectivity index (χ1) is 19.7. The predicted molar refractivity (Wildman–Crippen MR) is 168 cm³/mol. The van der Waals surface area contributed by atoms with Gasteiger partial charge in [0.05, 0.1) is 26.2 Å². The van der Waals surface area contributed by atoms with Gasteiger partial charge in [-0.3, -0.25) is 0 Å². The molecular formula is C34H46IN6+. The number of pyridine rings is 4. The molecule has 0 amide bonds. The van der Waals surface area contributed by atoms with E-state index in [1.165, 1.54) is 51.4 Å². The molecule has 6 nitrogen and oxygen atoms in total. The number of hydrogen-bond donors (Lipinski definition) is 0. The number of rotatable bonds is 17. The third kappa shape index (κ3) is 8.40. The number of aromatic nitrogens is 4. The van der Waals surface area contributed by atoms with Gasteiger partial charge < -0.3 is 24.0 Å². The summed E-state index contributed by atoms with van der Waals surface area (Å²) in [6, 6.07) is 24.9. The predicted octanol–water partition coefficient (Wildman–Crippen LogP) is 5.41. The van der Waals surface area contributed by atoms with Crippen LogP contribution in [0.4, 0.5) is 23.3 Å². The van der Waals surface area contributed by atoms with E-state index in [1.807, 2.05) is 49.1 Å². The van der Waals surface area contributed by atoms with Gasteiger partial charge in [-0.15, -0.1) is 0 Å². The van der Waals surface area contributed by atoms with E-state index in [0.29, 0.717) is 8.97 Å². The number of hydrogen-bond acceptors (Lipinski definition) is 4. The lowest BCUT2D eigenvalue weighted by molar-refractivity contribution is -0.00000851. The Balaban J connectivity index is 0.00000462. The summed E-state index contributed by atoms with van der Waals surface area (Å²) >= 11 is 0. The summed E-state index contributed by atoms with van der Waals surface area (Å²) < 4.78 is 1.43. The van der Waals surface area contributed by atoms with Crippen LogP contribution in [0, 0.1) is 0 Å². The van der Waals surface area contributed by atoms with Crippen molar-refractivity contribution in [1.29, 1.82) is 0 Å². The van der Waals surface area contributed by atoms with Crippen LogP contribution in [0.2, 0.25) is 0 Å². The topological polar surface area (TPSA) is 51.6 Å². The Morgan fingerprint density at radius 3 is 0.902 bits per heavy atom. The molecule has 218 valence electrons. The highest BCUT2D eigenvalue weighted by molar-refractivity contribution is 5.51. The molecule has 4 aromatic heterocycles. The minimum absolute atomic E-state index is 0. The summed E-state index contributed by atoms with van der Waals surface area (Å²) in [5, 5.41) is 0. The molecule has 0 aromatic carbocycles. The Bertz CT molecular complexity index is 1050. The molecule has 0 aliphatic heterocycles. The summed E-state index contributed by atoms with van der Waals surface area (Å²) in [7, 11) is 0. The average molecular weight is 666 g/mol. The van der Waals surface area contributed by atoms with E-state index in [2.05, 4.69) is 62.4 Å². The quantitative estimate of drug-likeness (QED) is 0.0861. The molecule has 4 heterocycles. The van der Waals surface area contributed by atoms with Gasteiger partial charge in [0.1, 0.15) is 0 Å². The number of nitrogens with zero attached hydrogens (tertiary/aromatic N) is 6. The first-order valence-electron chi connectivity index (χ1n) is 15.2. The molecule has 0 unspecified atom stereocenters. The van der Waals surface area contributed by atoms with E-state index in [9.17, 15) is 0 Å². The third-order valence-electron chi connectivity index (χ3n) is 8.26. The number of unbranched alkanes of at least 4 members (excludes halogenated alkanes) is 7. The van der Waals surface area contributed by atoms with Crippen LogP contribution < -0.4 is 32.9 Å². The maximum absolute atomic E-state index is 4.74. The molecule has 0 radical (unpaired) electrons. The first-order valence-corrected chi connectivity index (χ1v) is 15.2. The van der Waals surface area contributed by atoms with Gasteiger partial charge in [0.25, 0.3) is 0 Å². The number of quaternary nitrogens is 2. The van der Waals surface area contributed by atoms with Crippen LogP contribution in [0.1, 0.15) is 65.2 Å². The second-order valence-electron chi connectivity index (χ2n) is 10.6. The van der Waals surface area contributed by atoms with Crippen molar-refractivity contribution in [3.63, 3.8) is 0 Å². The normalized spacial score (nSPS) is 11.7. The van der Waals surface area contributed by atoms with Gasteiger partial charge >= 0.3 is 0 Å². The molecule has 0 fully saturated rings. The Morgan fingerprint density at radius 2 is 0.683 bits per heavy atom. The zero-order chi connectivity index (χ0) is 27.9. The smallest absolute Gasteiger partial charge is 0.233 e. The molecule has 0 spiro atoms. The van der Waals surface area contributed by atoms with Gasteiger partial charge in [0.15, 0.2) is 0 Å². The summed E-state index contributed by atoms with van der Waals surface area (Å²) in [6.07, 6.45) is 17.6. The molecular weight excluding hydrogens is 619 g/mol. The van der Waals surface area contributed by atoms with Crippen molar-refractivity contribution in [3.05, 3.63) is 97.6 Å². The van der Waals surface area contributed by atoms with Crippen LogP contribution >= 0.6 is 0 Å². The minimum Gasteiger partial charge on any atom is -1.00 e. The van der Waals surface area contributed by atoms with Crippen molar-refractivity contribution < 1.29 is 24.0 Å². The van der Waals surface area contributed by atoms with Gasteiger partial charge in [-0.2, -0.15) is 0 Å². The van der Waals surface area contributed by atoms with E-state index >= 15 is 0 Å². The molecule has 0 atom stereocenters. The molecule has 0 aliphatic carbocycles. The van der Waals surface area contributed by atoms with E-state index in [1.54, 1.807) is 0 Å². The Morgan fingerprint density at radius 1 is 0.415 bits per heavy atom. The highest BCUT2D eigenvalue weighted by Gasteiger charge is 2.34. The van der Waals surface area contributed by atoms with Crippen LogP contribution in [0.5, 0.6) is 0 Å². The van der Waals surface area contributed by atoms with E-state index < -0.39 is 0 Å². The zero-order valence-corrected chi connectivity index (χ0v) is 26.9. The van der Waals surface area contributed by atoms with Crippen LogP contribution in [0.25, 0.3) is 0 Å². The maximum Gasteiger partial charge on any atom is 0.233 e. The van der Waals surface area contributed by atoms with Gasteiger partial charge in [-0.25, -0.2) is 28.9 Å². The first kappa shape index (κ1) is 32.8. The largest absolute Gasteiger partial charge is 1.00 e. The van der Waals surface area contributed by atoms with Crippen molar-refractivity contribution in [1.82, 2.24) is 28.9 Å². The van der Waals surface area contributed by atoms with Gasteiger partial charge in [-0.1, -0.05) is 49.9 Å². The fourth-order valence-corrected chi connectivity index (χ4v) is 5.91. The summed E-state index contributed by atoms with van der Waals surface area (Å²) in [5.74, 6) is 4.34. The van der Waals surface area contributed by atoms with Crippen molar-refractivity contribution in [2.24, 2.45) is 0 Å². The van der Waals surface area contributed by atoms with E-state index in [0.717, 1.165) is 49.5 Å². The fourth-order valence-electron chi connectivity index (χ4n) is 5.91. The summed E-state index contributed by atoms with van der Waals surface area (Å²) in [4.78, 5) is 19.0. The minimum atomic E-state index is 0. The van der Waals surface area contributed by atoms with Crippen molar-refractivity contribution >= 4 is 23.3 Å². The average Bonchev–Trinajstić information content (AvgIpc) is 3.04. The molecule has 0 aliphatic rings. The molecule has 0 bridgehead atoms. The summed E-state index contributed by atoms with van der Waals surface area (Å²) in [5.41, 5.74) is 0. The molecule has 0 N–H and O–H groups in total. The molecule has 0 saturated carbocycles. The van der Waals surface area contributed by atoms with Gasteiger partial charge in [-0.05, 0) is 63.8 Å². The van der Waals surface area contributed by atoms with Gasteiger partial charge in [0, 0.05) is 49.1 Å². The maximum atomic E-state index is 4.74. The second kappa shape index (κ2) is 17.3. The van der Waals surface area contributed by atoms with Crippen LogP contribution in [-0.4, -0.2) is 46.1 Å². The summed E-state index contributed by atoms with van der Waals surface area (Å²) in [6.45, 7) is 8.45. The molecule has 4 aromatic rings. The molecule has 7 heteroatoms. The van der Waals surface area contributed by atoms with E-state index in [4.69, 9.17) is 19.9 Å². The lowest BCUT2D eigenvalue weighted by Gasteiger charge is -2.34. The highest BCUT2D eigenvalue weighted by atomic mass is 127. The van der Waals surface area contributed by atoms with Gasteiger partial charge in [0.2, 0.25) is 23.3 Å². The van der Waals surface area contributed by atoms with Crippen molar-refractivity contribution in [2.75, 3.05) is 26.2 Å². The van der Waals surface area contributed by atoms with Crippen LogP contribution in [0.15, 0.2) is 97.6 Å². The van der Waals surface area contributed by atoms with Crippen LogP contribution in [0.3, 0.4) is 0 Å². The molecule has 0 saturated heterocycles. The van der Waals surface area contributed by atoms with Crippen molar-refractivity contribution in [2.45, 2.75) is 65.2 Å². The standard InChI is InChI=1S/C34H46N6.HI/c1-3-39(31-21-11-15-25-35-31,32-22-12-16-26-36-32)29-19-9-7-5-6-8-10-20-30-40(4-2,33-23-13-17-27-37-33)34-24-14-18-28-38-34;/h11-18,21-28H,3-10,19-20,29-30H2,1-2H3;1H/q+2;/p-1. The monoisotopic (exact) mass is 665 g/mol. The van der Waals surface area contributed by atoms with Crippen LogP contribution in [-0.2, 0) is 0 Å². The lowest BCUT2D eigenvalue weighted by atomic mass is 10.1.